The maximum Gasteiger partial charge on any atom is 0.260 e. The minimum Gasteiger partial charge on any atom is -0.398 e. The molecule has 0 saturated heterocycles. The van der Waals surface area contributed by atoms with Gasteiger partial charge in [0.15, 0.2) is 0 Å². The van der Waals surface area contributed by atoms with E-state index in [4.69, 9.17) is 10.3 Å². The molecule has 3 rings (SSSR count). The molecule has 0 aliphatic carbocycles. The monoisotopic (exact) mass is 241 g/mol. The maximum absolute atomic E-state index is 5.86. The highest BCUT2D eigenvalue weighted by Crippen LogP contribution is 2.25. The van der Waals surface area contributed by atoms with Crippen LogP contribution in [0, 0.1) is 0 Å². The Balaban J connectivity index is 2.02. The molecule has 0 bridgehead atoms. The summed E-state index contributed by atoms with van der Waals surface area (Å²) in [7, 11) is 1.83. The van der Waals surface area contributed by atoms with Crippen molar-refractivity contribution in [3.63, 3.8) is 0 Å². The fraction of sp³-hybridized carbons (Fsp3) is 0.0833. The molecule has 0 amide bonds. The lowest BCUT2D eigenvalue weighted by molar-refractivity contribution is 0.432. The third kappa shape index (κ3) is 1.73. The quantitative estimate of drug-likeness (QED) is 0.691. The van der Waals surface area contributed by atoms with Gasteiger partial charge in [0.25, 0.3) is 5.89 Å². The van der Waals surface area contributed by atoms with Crippen LogP contribution in [-0.2, 0) is 7.05 Å². The van der Waals surface area contributed by atoms with E-state index in [2.05, 4.69) is 15.2 Å². The van der Waals surface area contributed by atoms with Crippen LogP contribution >= 0.6 is 0 Å². The van der Waals surface area contributed by atoms with Crippen LogP contribution in [0.4, 0.5) is 5.69 Å². The van der Waals surface area contributed by atoms with E-state index in [9.17, 15) is 0 Å². The largest absolute Gasteiger partial charge is 0.398 e. The number of aromatic nitrogens is 4. The first-order valence-corrected chi connectivity index (χ1v) is 5.41. The lowest BCUT2D eigenvalue weighted by Gasteiger charge is -1.97. The number of para-hydroxylation sites is 1. The van der Waals surface area contributed by atoms with Crippen molar-refractivity contribution in [1.29, 1.82) is 0 Å². The third-order valence-corrected chi connectivity index (χ3v) is 2.58. The van der Waals surface area contributed by atoms with E-state index in [1.54, 1.807) is 16.9 Å². The Bertz CT molecular complexity index is 685. The van der Waals surface area contributed by atoms with Crippen LogP contribution in [0.3, 0.4) is 0 Å². The molecule has 0 aliphatic rings. The Kier molecular flexibility index (Phi) is 2.33. The highest BCUT2D eigenvalue weighted by molar-refractivity contribution is 5.71. The van der Waals surface area contributed by atoms with Gasteiger partial charge in [0, 0.05) is 18.9 Å². The summed E-state index contributed by atoms with van der Waals surface area (Å²) in [4.78, 5) is 4.31. The average Bonchev–Trinajstić information content (AvgIpc) is 2.98. The molecular weight excluding hydrogens is 230 g/mol. The zero-order valence-electron chi connectivity index (χ0n) is 9.74. The molecule has 3 aromatic rings. The number of nitrogens with two attached hydrogens (primary N) is 1. The van der Waals surface area contributed by atoms with Gasteiger partial charge in [-0.25, -0.2) is 0 Å². The van der Waals surface area contributed by atoms with E-state index in [-0.39, 0.29) is 0 Å². The van der Waals surface area contributed by atoms with Crippen LogP contribution in [0.2, 0.25) is 0 Å². The molecule has 0 saturated carbocycles. The maximum atomic E-state index is 5.86. The summed E-state index contributed by atoms with van der Waals surface area (Å²) in [5, 5.41) is 7.99. The number of aryl methyl sites for hydroxylation is 1. The number of nitrogens with zero attached hydrogens (tertiary/aromatic N) is 4. The van der Waals surface area contributed by atoms with Gasteiger partial charge in [-0.15, -0.1) is 0 Å². The lowest BCUT2D eigenvalue weighted by atomic mass is 10.2. The first-order valence-electron chi connectivity index (χ1n) is 5.41. The SMILES string of the molecule is Cn1cc(-c2noc(-c3ccccc3N)n2)cn1. The summed E-state index contributed by atoms with van der Waals surface area (Å²) in [5.74, 6) is 0.910. The Morgan fingerprint density at radius 2 is 2.11 bits per heavy atom. The highest BCUT2D eigenvalue weighted by atomic mass is 16.5. The number of benzene rings is 1. The summed E-state index contributed by atoms with van der Waals surface area (Å²) in [6, 6.07) is 7.37. The van der Waals surface area contributed by atoms with Crippen LogP contribution in [0.25, 0.3) is 22.8 Å². The molecular formula is C12H11N5O. The molecule has 6 nitrogen and oxygen atoms in total. The van der Waals surface area contributed by atoms with E-state index in [1.165, 1.54) is 0 Å². The molecule has 2 aromatic heterocycles. The molecule has 6 heteroatoms. The van der Waals surface area contributed by atoms with E-state index >= 15 is 0 Å². The van der Waals surface area contributed by atoms with Crippen molar-refractivity contribution in [1.82, 2.24) is 19.9 Å². The predicted octanol–water partition coefficient (Wildman–Crippen LogP) is 1.72. The van der Waals surface area contributed by atoms with Crippen LogP contribution in [0.5, 0.6) is 0 Å². The molecule has 0 unspecified atom stereocenters. The van der Waals surface area contributed by atoms with Crippen LogP contribution < -0.4 is 5.73 Å². The predicted molar refractivity (Wildman–Crippen MR) is 66.3 cm³/mol. The minimum absolute atomic E-state index is 0.409. The van der Waals surface area contributed by atoms with Gasteiger partial charge in [-0.05, 0) is 12.1 Å². The van der Waals surface area contributed by atoms with Gasteiger partial charge in [0.1, 0.15) is 0 Å². The zero-order valence-corrected chi connectivity index (χ0v) is 9.74. The summed E-state index contributed by atoms with van der Waals surface area (Å²) in [6.45, 7) is 0. The van der Waals surface area contributed by atoms with Crippen LogP contribution in [-0.4, -0.2) is 19.9 Å². The number of rotatable bonds is 2. The summed E-state index contributed by atoms with van der Waals surface area (Å²) in [5.41, 5.74) is 8.01. The third-order valence-electron chi connectivity index (χ3n) is 2.58. The molecule has 1 aromatic carbocycles. The van der Waals surface area contributed by atoms with E-state index in [0.717, 1.165) is 11.1 Å². The van der Waals surface area contributed by atoms with Crippen molar-refractivity contribution in [3.05, 3.63) is 36.7 Å². The van der Waals surface area contributed by atoms with Crippen molar-refractivity contribution in [2.45, 2.75) is 0 Å². The van der Waals surface area contributed by atoms with E-state index in [1.807, 2.05) is 31.4 Å². The molecule has 2 heterocycles. The normalized spacial score (nSPS) is 10.7. The van der Waals surface area contributed by atoms with Gasteiger partial charge in [0.2, 0.25) is 5.82 Å². The number of hydrogen-bond donors (Lipinski definition) is 1. The zero-order chi connectivity index (χ0) is 12.5. The summed E-state index contributed by atoms with van der Waals surface area (Å²) in [6.07, 6.45) is 3.51. The molecule has 90 valence electrons. The van der Waals surface area contributed by atoms with E-state index in [0.29, 0.717) is 17.4 Å². The van der Waals surface area contributed by atoms with Crippen molar-refractivity contribution < 1.29 is 4.52 Å². The van der Waals surface area contributed by atoms with E-state index < -0.39 is 0 Å². The number of hydrogen-bond acceptors (Lipinski definition) is 5. The summed E-state index contributed by atoms with van der Waals surface area (Å²) < 4.78 is 6.90. The van der Waals surface area contributed by atoms with Gasteiger partial charge >= 0.3 is 0 Å². The van der Waals surface area contributed by atoms with Crippen molar-refractivity contribution in [2.24, 2.45) is 7.05 Å². The minimum atomic E-state index is 0.409. The van der Waals surface area contributed by atoms with Crippen LogP contribution in [0.15, 0.2) is 41.2 Å². The van der Waals surface area contributed by atoms with Gasteiger partial charge in [-0.1, -0.05) is 17.3 Å². The fourth-order valence-corrected chi connectivity index (χ4v) is 1.68. The molecule has 0 spiro atoms. The molecule has 0 radical (unpaired) electrons. The van der Waals surface area contributed by atoms with Crippen molar-refractivity contribution in [2.75, 3.05) is 5.73 Å². The van der Waals surface area contributed by atoms with Gasteiger partial charge in [-0.3, -0.25) is 4.68 Å². The summed E-state index contributed by atoms with van der Waals surface area (Å²) >= 11 is 0. The average molecular weight is 241 g/mol. The number of nitrogen functional groups attached to an aromatic ring is 1. The molecule has 2 N–H and O–H groups in total. The standard InChI is InChI=1S/C12H11N5O/c1-17-7-8(6-14-17)11-15-12(18-16-11)9-4-2-3-5-10(9)13/h2-7H,13H2,1H3. The Morgan fingerprint density at radius 3 is 2.83 bits per heavy atom. The smallest absolute Gasteiger partial charge is 0.260 e. The highest BCUT2D eigenvalue weighted by Gasteiger charge is 2.13. The van der Waals surface area contributed by atoms with Crippen LogP contribution in [0.1, 0.15) is 0 Å². The molecule has 0 atom stereocenters. The Morgan fingerprint density at radius 1 is 1.28 bits per heavy atom. The topological polar surface area (TPSA) is 82.8 Å². The fourth-order valence-electron chi connectivity index (χ4n) is 1.68. The van der Waals surface area contributed by atoms with Gasteiger partial charge in [0.05, 0.1) is 17.3 Å². The second kappa shape index (κ2) is 3.99. The Hall–Kier alpha value is -2.63. The van der Waals surface area contributed by atoms with Crippen molar-refractivity contribution >= 4 is 5.69 Å². The Labute approximate surface area is 103 Å². The molecule has 0 aliphatic heterocycles. The molecule has 0 fully saturated rings. The second-order valence-electron chi connectivity index (χ2n) is 3.91. The first kappa shape index (κ1) is 10.5. The number of anilines is 1. The molecule has 18 heavy (non-hydrogen) atoms. The second-order valence-corrected chi connectivity index (χ2v) is 3.91. The van der Waals surface area contributed by atoms with Gasteiger partial charge in [-0.2, -0.15) is 10.1 Å². The van der Waals surface area contributed by atoms with Gasteiger partial charge < -0.3 is 10.3 Å². The first-order chi connectivity index (χ1) is 8.74. The van der Waals surface area contributed by atoms with Crippen molar-refractivity contribution in [3.8, 4) is 22.8 Å². The lowest BCUT2D eigenvalue weighted by Crippen LogP contribution is -1.89.